The van der Waals surface area contributed by atoms with Gasteiger partial charge in [-0.05, 0) is 58.6 Å². The number of fused-ring (bicyclic) bond motifs is 1. The summed E-state index contributed by atoms with van der Waals surface area (Å²) in [5.74, 6) is 0.379. The minimum atomic E-state index is 0.0610. The van der Waals surface area contributed by atoms with Crippen LogP contribution >= 0.6 is 0 Å². The SMILES string of the molecule is CC1(C)CCC(C)(C)c2c1ccc(O)c2Cc1ccc(C#N)cc1. The highest BCUT2D eigenvalue weighted by molar-refractivity contribution is 5.54. The van der Waals surface area contributed by atoms with Crippen LogP contribution in [-0.4, -0.2) is 5.11 Å². The maximum absolute atomic E-state index is 10.6. The van der Waals surface area contributed by atoms with Gasteiger partial charge in [-0.1, -0.05) is 45.9 Å². The zero-order chi connectivity index (χ0) is 17.5. The molecule has 24 heavy (non-hydrogen) atoms. The molecule has 0 fully saturated rings. The summed E-state index contributed by atoms with van der Waals surface area (Å²) in [4.78, 5) is 0. The van der Waals surface area contributed by atoms with Gasteiger partial charge in [0.05, 0.1) is 11.6 Å². The van der Waals surface area contributed by atoms with E-state index in [4.69, 9.17) is 5.26 Å². The Hall–Kier alpha value is -2.27. The van der Waals surface area contributed by atoms with Gasteiger partial charge in [-0.3, -0.25) is 0 Å². The fourth-order valence-corrected chi connectivity index (χ4v) is 3.94. The van der Waals surface area contributed by atoms with Crippen molar-refractivity contribution in [3.05, 3.63) is 64.2 Å². The number of rotatable bonds is 2. The molecule has 0 bridgehead atoms. The van der Waals surface area contributed by atoms with Gasteiger partial charge in [-0.2, -0.15) is 5.26 Å². The number of nitriles is 1. The zero-order valence-corrected chi connectivity index (χ0v) is 15.0. The van der Waals surface area contributed by atoms with Crippen molar-refractivity contribution < 1.29 is 5.11 Å². The molecule has 0 unspecified atom stereocenters. The summed E-state index contributed by atoms with van der Waals surface area (Å²) in [7, 11) is 0. The number of nitrogens with zero attached hydrogens (tertiary/aromatic N) is 1. The first-order valence-corrected chi connectivity index (χ1v) is 8.59. The maximum atomic E-state index is 10.6. The highest BCUT2D eigenvalue weighted by atomic mass is 16.3. The predicted octanol–water partition coefficient (Wildman–Crippen LogP) is 5.20. The summed E-state index contributed by atoms with van der Waals surface area (Å²) in [6, 6.07) is 13.8. The Bertz CT molecular complexity index is 807. The predicted molar refractivity (Wildman–Crippen MR) is 97.4 cm³/mol. The minimum absolute atomic E-state index is 0.0610. The molecule has 0 amide bonds. The fraction of sp³-hybridized carbons (Fsp3) is 0.409. The van der Waals surface area contributed by atoms with Crippen LogP contribution in [0.4, 0.5) is 0 Å². The van der Waals surface area contributed by atoms with Crippen LogP contribution in [0.15, 0.2) is 36.4 Å². The third-order valence-corrected chi connectivity index (χ3v) is 5.53. The molecule has 1 aliphatic carbocycles. The topological polar surface area (TPSA) is 44.0 Å². The largest absolute Gasteiger partial charge is 0.508 e. The van der Waals surface area contributed by atoms with Crippen molar-refractivity contribution in [3.63, 3.8) is 0 Å². The van der Waals surface area contributed by atoms with E-state index in [-0.39, 0.29) is 10.8 Å². The van der Waals surface area contributed by atoms with Gasteiger partial charge < -0.3 is 5.11 Å². The Morgan fingerprint density at radius 1 is 0.958 bits per heavy atom. The molecule has 0 aromatic heterocycles. The molecule has 2 aromatic rings. The summed E-state index contributed by atoms with van der Waals surface area (Å²) < 4.78 is 0. The Morgan fingerprint density at radius 3 is 2.21 bits per heavy atom. The molecule has 1 aliphatic rings. The summed E-state index contributed by atoms with van der Waals surface area (Å²) >= 11 is 0. The highest BCUT2D eigenvalue weighted by Crippen LogP contribution is 2.49. The van der Waals surface area contributed by atoms with Crippen molar-refractivity contribution in [2.24, 2.45) is 0 Å². The molecule has 0 radical (unpaired) electrons. The van der Waals surface area contributed by atoms with E-state index in [1.165, 1.54) is 11.1 Å². The lowest BCUT2D eigenvalue weighted by molar-refractivity contribution is 0.327. The lowest BCUT2D eigenvalue weighted by Crippen LogP contribution is -2.35. The molecule has 0 aliphatic heterocycles. The molecule has 124 valence electrons. The number of phenols is 1. The maximum Gasteiger partial charge on any atom is 0.119 e. The first kappa shape index (κ1) is 16.6. The van der Waals surface area contributed by atoms with E-state index in [2.05, 4.69) is 39.8 Å². The van der Waals surface area contributed by atoms with E-state index < -0.39 is 0 Å². The van der Waals surface area contributed by atoms with E-state index in [1.54, 1.807) is 0 Å². The Kier molecular flexibility index (Phi) is 3.92. The molecule has 1 N–H and O–H groups in total. The van der Waals surface area contributed by atoms with Crippen molar-refractivity contribution in [2.75, 3.05) is 0 Å². The molecule has 2 nitrogen and oxygen atoms in total. The molecule has 2 aromatic carbocycles. The number of phenolic OH excluding ortho intramolecular Hbond substituents is 1. The van der Waals surface area contributed by atoms with E-state index >= 15 is 0 Å². The van der Waals surface area contributed by atoms with E-state index in [0.717, 1.165) is 24.0 Å². The Labute approximate surface area is 144 Å². The lowest BCUT2D eigenvalue weighted by Gasteiger charge is -2.43. The van der Waals surface area contributed by atoms with Crippen molar-refractivity contribution in [2.45, 2.75) is 57.8 Å². The van der Waals surface area contributed by atoms with Crippen LogP contribution < -0.4 is 0 Å². The summed E-state index contributed by atoms with van der Waals surface area (Å²) in [5, 5.41) is 19.5. The average Bonchev–Trinajstić information content (AvgIpc) is 2.54. The summed E-state index contributed by atoms with van der Waals surface area (Å²) in [5.41, 5.74) is 5.69. The van der Waals surface area contributed by atoms with Gasteiger partial charge in [0.2, 0.25) is 0 Å². The summed E-state index contributed by atoms with van der Waals surface area (Å²) in [6.07, 6.45) is 2.98. The van der Waals surface area contributed by atoms with E-state index in [1.807, 2.05) is 30.3 Å². The fourth-order valence-electron chi connectivity index (χ4n) is 3.94. The molecular formula is C22H25NO. The van der Waals surface area contributed by atoms with Crippen LogP contribution in [0.3, 0.4) is 0 Å². The lowest BCUT2D eigenvalue weighted by atomic mass is 9.61. The monoisotopic (exact) mass is 319 g/mol. The van der Waals surface area contributed by atoms with Gasteiger partial charge in [-0.25, -0.2) is 0 Å². The normalized spacial score (nSPS) is 17.8. The van der Waals surface area contributed by atoms with Gasteiger partial charge in [0.15, 0.2) is 0 Å². The van der Waals surface area contributed by atoms with E-state index in [9.17, 15) is 5.11 Å². The van der Waals surface area contributed by atoms with Crippen molar-refractivity contribution in [1.82, 2.24) is 0 Å². The van der Waals surface area contributed by atoms with Crippen LogP contribution in [0.25, 0.3) is 0 Å². The van der Waals surface area contributed by atoms with E-state index in [0.29, 0.717) is 17.7 Å². The van der Waals surface area contributed by atoms with Crippen molar-refractivity contribution >= 4 is 0 Å². The number of aromatic hydroxyl groups is 1. The van der Waals surface area contributed by atoms with Crippen LogP contribution in [-0.2, 0) is 17.3 Å². The highest BCUT2D eigenvalue weighted by Gasteiger charge is 2.39. The van der Waals surface area contributed by atoms with Gasteiger partial charge >= 0.3 is 0 Å². The van der Waals surface area contributed by atoms with Crippen molar-refractivity contribution in [3.8, 4) is 11.8 Å². The van der Waals surface area contributed by atoms with Gasteiger partial charge in [0.1, 0.15) is 5.75 Å². The van der Waals surface area contributed by atoms with Crippen molar-refractivity contribution in [1.29, 1.82) is 5.26 Å². The quantitative estimate of drug-likeness (QED) is 0.826. The van der Waals surface area contributed by atoms with Crippen LogP contribution in [0.5, 0.6) is 5.75 Å². The minimum Gasteiger partial charge on any atom is -0.508 e. The number of benzene rings is 2. The molecule has 2 heteroatoms. The van der Waals surface area contributed by atoms with Crippen LogP contribution in [0.2, 0.25) is 0 Å². The molecular weight excluding hydrogens is 294 g/mol. The third kappa shape index (κ3) is 2.80. The molecule has 0 spiro atoms. The van der Waals surface area contributed by atoms with Gasteiger partial charge in [0, 0.05) is 12.0 Å². The standard InChI is InChI=1S/C22H25NO/c1-21(2)11-12-22(3,4)20-17(19(24)10-9-18(20)21)13-15-5-7-16(14-23)8-6-15/h5-10,24H,11-13H2,1-4H3. The first-order valence-electron chi connectivity index (χ1n) is 8.59. The molecule has 0 saturated carbocycles. The summed E-state index contributed by atoms with van der Waals surface area (Å²) in [6.45, 7) is 9.15. The number of hydrogen-bond acceptors (Lipinski definition) is 2. The first-order chi connectivity index (χ1) is 11.2. The Balaban J connectivity index is 2.12. The molecule has 0 saturated heterocycles. The molecule has 3 rings (SSSR count). The van der Waals surface area contributed by atoms with Gasteiger partial charge in [0.25, 0.3) is 0 Å². The second-order valence-corrected chi connectivity index (χ2v) is 8.24. The van der Waals surface area contributed by atoms with Crippen LogP contribution in [0.1, 0.15) is 68.4 Å². The zero-order valence-electron chi connectivity index (χ0n) is 15.0. The smallest absolute Gasteiger partial charge is 0.119 e. The number of hydrogen-bond donors (Lipinski definition) is 1. The molecule has 0 atom stereocenters. The Morgan fingerprint density at radius 2 is 1.58 bits per heavy atom. The second kappa shape index (κ2) is 5.67. The average molecular weight is 319 g/mol. The second-order valence-electron chi connectivity index (χ2n) is 8.24. The van der Waals surface area contributed by atoms with Gasteiger partial charge in [-0.15, -0.1) is 0 Å². The third-order valence-electron chi connectivity index (χ3n) is 5.53. The molecule has 0 heterocycles. The van der Waals surface area contributed by atoms with Crippen LogP contribution in [0, 0.1) is 11.3 Å².